The first-order valence-electron chi connectivity index (χ1n) is 8.88. The van der Waals surface area contributed by atoms with Gasteiger partial charge in [0.15, 0.2) is 0 Å². The quantitative estimate of drug-likeness (QED) is 0.641. The maximum atomic E-state index is 12.9. The Bertz CT molecular complexity index is 564. The molecular weight excluding hydrogens is 348 g/mol. The van der Waals surface area contributed by atoms with Crippen LogP contribution in [0.2, 0.25) is 0 Å². The Morgan fingerprint density at radius 2 is 1.56 bits per heavy atom. The Labute approximate surface area is 149 Å². The molecule has 0 aromatic carbocycles. The van der Waals surface area contributed by atoms with E-state index in [0.29, 0.717) is 65.3 Å². The first-order valence-corrected chi connectivity index (χ1v) is 10.3. The molecule has 1 amide bonds. The largest absolute Gasteiger partial charge is 0.379 e. The number of ether oxygens (including phenoxy) is 2. The van der Waals surface area contributed by atoms with Crippen LogP contribution in [0.5, 0.6) is 0 Å². The number of carbonyl (C=O) groups excluding carboxylic acids is 1. The zero-order valence-electron chi connectivity index (χ0n) is 14.8. The van der Waals surface area contributed by atoms with Gasteiger partial charge in [-0.3, -0.25) is 4.79 Å². The van der Waals surface area contributed by atoms with E-state index in [-0.39, 0.29) is 5.91 Å². The molecule has 9 nitrogen and oxygen atoms in total. The molecule has 0 atom stereocenters. The summed E-state index contributed by atoms with van der Waals surface area (Å²) in [6.45, 7) is 4.61. The van der Waals surface area contributed by atoms with Crippen LogP contribution >= 0.6 is 0 Å². The molecule has 0 radical (unpaired) electrons. The number of methoxy groups -OCH3 is 1. The van der Waals surface area contributed by atoms with Crippen LogP contribution in [-0.2, 0) is 24.5 Å². The fourth-order valence-corrected chi connectivity index (χ4v) is 5.25. The lowest BCUT2D eigenvalue weighted by Gasteiger charge is -2.42. The lowest BCUT2D eigenvalue weighted by molar-refractivity contribution is -0.159. The van der Waals surface area contributed by atoms with Gasteiger partial charge in [0.2, 0.25) is 0 Å². The van der Waals surface area contributed by atoms with Crippen LogP contribution < -0.4 is 5.32 Å². The molecule has 3 rings (SSSR count). The predicted octanol–water partition coefficient (Wildman–Crippen LogP) is -1.52. The number of morpholine rings is 1. The van der Waals surface area contributed by atoms with Crippen molar-refractivity contribution in [2.24, 2.45) is 0 Å². The minimum atomic E-state index is -3.47. The number of amides is 1. The van der Waals surface area contributed by atoms with Crippen LogP contribution in [0.1, 0.15) is 12.8 Å². The lowest BCUT2D eigenvalue weighted by atomic mass is 9.90. The summed E-state index contributed by atoms with van der Waals surface area (Å²) in [4.78, 5) is 14.7. The van der Waals surface area contributed by atoms with E-state index in [2.05, 4.69) is 5.32 Å². The number of hydrogen-bond acceptors (Lipinski definition) is 6. The number of piperazine rings is 1. The first kappa shape index (κ1) is 19.0. The molecule has 3 saturated heterocycles. The molecule has 0 unspecified atom stereocenters. The molecule has 3 fully saturated rings. The van der Waals surface area contributed by atoms with Crippen LogP contribution in [-0.4, -0.2) is 106 Å². The van der Waals surface area contributed by atoms with Crippen LogP contribution in [0, 0.1) is 0 Å². The maximum absolute atomic E-state index is 12.9. The highest BCUT2D eigenvalue weighted by Gasteiger charge is 2.44. The summed E-state index contributed by atoms with van der Waals surface area (Å²) in [5.74, 6) is -0.0140. The van der Waals surface area contributed by atoms with Gasteiger partial charge in [0.05, 0.1) is 13.2 Å². The molecule has 0 bridgehead atoms. The standard InChI is InChI=1S/C15H28N4O5S/c1-23-15(2-4-16-5-3-15)14(20)17-6-8-18(9-7-17)25(21,22)19-10-12-24-13-11-19/h16H,2-13H2,1H3. The number of hydrogen-bond donors (Lipinski definition) is 1. The third-order valence-electron chi connectivity index (χ3n) is 5.34. The number of nitrogens with zero attached hydrogens (tertiary/aromatic N) is 3. The van der Waals surface area contributed by atoms with Crippen molar-refractivity contribution in [3.8, 4) is 0 Å². The van der Waals surface area contributed by atoms with Gasteiger partial charge in [0.1, 0.15) is 5.60 Å². The number of carbonyl (C=O) groups is 1. The second-order valence-electron chi connectivity index (χ2n) is 6.66. The van der Waals surface area contributed by atoms with Crippen molar-refractivity contribution in [3.63, 3.8) is 0 Å². The summed E-state index contributed by atoms with van der Waals surface area (Å²) in [6.07, 6.45) is 1.29. The predicted molar refractivity (Wildman–Crippen MR) is 91.3 cm³/mol. The Morgan fingerprint density at radius 3 is 2.12 bits per heavy atom. The number of piperidine rings is 1. The summed E-state index contributed by atoms with van der Waals surface area (Å²) in [5, 5.41) is 3.24. The van der Waals surface area contributed by atoms with Gasteiger partial charge in [0, 0.05) is 46.4 Å². The van der Waals surface area contributed by atoms with Crippen molar-refractivity contribution < 1.29 is 22.7 Å². The van der Waals surface area contributed by atoms with E-state index in [9.17, 15) is 13.2 Å². The van der Waals surface area contributed by atoms with E-state index in [0.717, 1.165) is 13.1 Å². The van der Waals surface area contributed by atoms with E-state index >= 15 is 0 Å². The third kappa shape index (κ3) is 3.83. The molecule has 10 heteroatoms. The Hall–Kier alpha value is -0.780. The maximum Gasteiger partial charge on any atom is 0.282 e. The van der Waals surface area contributed by atoms with Crippen molar-refractivity contribution in [1.29, 1.82) is 0 Å². The molecule has 3 heterocycles. The third-order valence-corrected chi connectivity index (χ3v) is 7.38. The normalized spacial score (nSPS) is 26.5. The monoisotopic (exact) mass is 376 g/mol. The second kappa shape index (κ2) is 7.85. The van der Waals surface area contributed by atoms with Crippen LogP contribution in [0.15, 0.2) is 0 Å². The van der Waals surface area contributed by atoms with E-state index in [1.54, 1.807) is 12.0 Å². The molecule has 0 aromatic heterocycles. The Balaban J connectivity index is 1.60. The summed E-state index contributed by atoms with van der Waals surface area (Å²) < 4.78 is 39.2. The zero-order valence-corrected chi connectivity index (χ0v) is 15.6. The van der Waals surface area contributed by atoms with E-state index in [1.165, 1.54) is 8.61 Å². The summed E-state index contributed by atoms with van der Waals surface area (Å²) in [6, 6.07) is 0. The minimum absolute atomic E-state index is 0.0140. The summed E-state index contributed by atoms with van der Waals surface area (Å²) >= 11 is 0. The zero-order chi connectivity index (χ0) is 17.9. The molecule has 3 aliphatic rings. The first-order chi connectivity index (χ1) is 12.0. The average molecular weight is 376 g/mol. The van der Waals surface area contributed by atoms with Gasteiger partial charge in [-0.2, -0.15) is 17.0 Å². The second-order valence-corrected chi connectivity index (χ2v) is 8.59. The average Bonchev–Trinajstić information content (AvgIpc) is 2.68. The highest BCUT2D eigenvalue weighted by molar-refractivity contribution is 7.86. The van der Waals surface area contributed by atoms with Crippen molar-refractivity contribution in [2.45, 2.75) is 18.4 Å². The SMILES string of the molecule is COC1(C(=O)N2CCN(S(=O)(=O)N3CCOCC3)CC2)CCNCC1. The fourth-order valence-electron chi connectivity index (χ4n) is 3.69. The highest BCUT2D eigenvalue weighted by atomic mass is 32.2. The van der Waals surface area contributed by atoms with Crippen LogP contribution in [0.4, 0.5) is 0 Å². The molecule has 0 aliphatic carbocycles. The molecule has 144 valence electrons. The molecule has 0 spiro atoms. The number of rotatable bonds is 4. The topological polar surface area (TPSA) is 91.4 Å². The summed E-state index contributed by atoms with van der Waals surface area (Å²) in [5.41, 5.74) is -0.767. The Morgan fingerprint density at radius 1 is 1.00 bits per heavy atom. The van der Waals surface area contributed by atoms with Gasteiger partial charge in [-0.05, 0) is 25.9 Å². The molecule has 25 heavy (non-hydrogen) atoms. The lowest BCUT2D eigenvalue weighted by Crippen LogP contribution is -2.61. The smallest absolute Gasteiger partial charge is 0.282 e. The van der Waals surface area contributed by atoms with Crippen LogP contribution in [0.3, 0.4) is 0 Å². The minimum Gasteiger partial charge on any atom is -0.379 e. The molecule has 0 saturated carbocycles. The van der Waals surface area contributed by atoms with Crippen molar-refractivity contribution in [3.05, 3.63) is 0 Å². The van der Waals surface area contributed by atoms with E-state index in [1.807, 2.05) is 0 Å². The fraction of sp³-hybridized carbons (Fsp3) is 0.933. The van der Waals surface area contributed by atoms with Gasteiger partial charge in [0.25, 0.3) is 16.1 Å². The molecular formula is C15H28N4O5S. The van der Waals surface area contributed by atoms with E-state index in [4.69, 9.17) is 9.47 Å². The van der Waals surface area contributed by atoms with Gasteiger partial charge < -0.3 is 19.7 Å². The molecule has 1 N–H and O–H groups in total. The van der Waals surface area contributed by atoms with Crippen molar-refractivity contribution in [1.82, 2.24) is 18.8 Å². The molecule has 0 aromatic rings. The van der Waals surface area contributed by atoms with Gasteiger partial charge in [-0.15, -0.1) is 0 Å². The summed E-state index contributed by atoms with van der Waals surface area (Å²) in [7, 11) is -1.89. The van der Waals surface area contributed by atoms with Gasteiger partial charge in [-0.1, -0.05) is 0 Å². The Kier molecular flexibility index (Phi) is 5.96. The van der Waals surface area contributed by atoms with Crippen LogP contribution in [0.25, 0.3) is 0 Å². The van der Waals surface area contributed by atoms with Gasteiger partial charge in [-0.25, -0.2) is 0 Å². The van der Waals surface area contributed by atoms with E-state index < -0.39 is 15.8 Å². The van der Waals surface area contributed by atoms with Gasteiger partial charge >= 0.3 is 0 Å². The van der Waals surface area contributed by atoms with Crippen molar-refractivity contribution >= 4 is 16.1 Å². The molecule has 3 aliphatic heterocycles. The highest BCUT2D eigenvalue weighted by Crippen LogP contribution is 2.26. The number of nitrogens with one attached hydrogen (secondary N) is 1. The van der Waals surface area contributed by atoms with Crippen molar-refractivity contribution in [2.75, 3.05) is 72.7 Å².